The van der Waals surface area contributed by atoms with Gasteiger partial charge in [-0.1, -0.05) is 12.1 Å². The third-order valence-electron chi connectivity index (χ3n) is 2.73. The topological polar surface area (TPSA) is 35.5 Å². The van der Waals surface area contributed by atoms with E-state index in [9.17, 15) is 4.79 Å². The molecule has 1 aliphatic heterocycles. The standard InChI is InChI=1S/C14H16O3/c1-2-16-14(15)12-8-6-11(7-9-12)13-5-3-4-10-17-13/h4,6-10,13H,2-3,5H2,1H3. The summed E-state index contributed by atoms with van der Waals surface area (Å²) in [5.41, 5.74) is 1.68. The predicted octanol–water partition coefficient (Wildman–Crippen LogP) is 3.23. The fourth-order valence-corrected chi connectivity index (χ4v) is 1.83. The number of hydrogen-bond donors (Lipinski definition) is 0. The minimum Gasteiger partial charge on any atom is -0.494 e. The number of hydrogen-bond acceptors (Lipinski definition) is 3. The first kappa shape index (κ1) is 11.7. The van der Waals surface area contributed by atoms with Gasteiger partial charge in [0.2, 0.25) is 0 Å². The molecule has 17 heavy (non-hydrogen) atoms. The van der Waals surface area contributed by atoms with Gasteiger partial charge < -0.3 is 9.47 Å². The van der Waals surface area contributed by atoms with Crippen LogP contribution in [0.1, 0.15) is 41.8 Å². The van der Waals surface area contributed by atoms with Crippen molar-refractivity contribution in [2.75, 3.05) is 6.61 Å². The fraction of sp³-hybridized carbons (Fsp3) is 0.357. The molecule has 0 bridgehead atoms. The van der Waals surface area contributed by atoms with Gasteiger partial charge in [-0.05, 0) is 43.5 Å². The molecule has 0 aromatic heterocycles. The predicted molar refractivity (Wildman–Crippen MR) is 64.6 cm³/mol. The second-order valence-corrected chi connectivity index (χ2v) is 3.92. The summed E-state index contributed by atoms with van der Waals surface area (Å²) < 4.78 is 10.4. The van der Waals surface area contributed by atoms with Crippen LogP contribution in [0.2, 0.25) is 0 Å². The van der Waals surface area contributed by atoms with Gasteiger partial charge in [0, 0.05) is 0 Å². The molecule has 3 heteroatoms. The summed E-state index contributed by atoms with van der Waals surface area (Å²) in [6.07, 6.45) is 5.88. The average molecular weight is 232 g/mol. The van der Waals surface area contributed by atoms with Crippen molar-refractivity contribution in [3.63, 3.8) is 0 Å². The molecule has 3 nitrogen and oxygen atoms in total. The lowest BCUT2D eigenvalue weighted by Crippen LogP contribution is -2.06. The molecular weight excluding hydrogens is 216 g/mol. The van der Waals surface area contributed by atoms with Crippen LogP contribution >= 0.6 is 0 Å². The second-order valence-electron chi connectivity index (χ2n) is 3.92. The second kappa shape index (κ2) is 5.53. The third-order valence-corrected chi connectivity index (χ3v) is 2.73. The molecule has 2 rings (SSSR count). The molecule has 0 saturated heterocycles. The van der Waals surface area contributed by atoms with Gasteiger partial charge in [0.05, 0.1) is 18.4 Å². The Labute approximate surface area is 101 Å². The first-order valence-corrected chi connectivity index (χ1v) is 5.89. The lowest BCUT2D eigenvalue weighted by atomic mass is 10.0. The Balaban J connectivity index is 2.07. The van der Waals surface area contributed by atoms with Crippen LogP contribution in [0.4, 0.5) is 0 Å². The Morgan fingerprint density at radius 2 is 2.18 bits per heavy atom. The lowest BCUT2D eigenvalue weighted by Gasteiger charge is -2.19. The van der Waals surface area contributed by atoms with Gasteiger partial charge in [-0.3, -0.25) is 0 Å². The molecule has 90 valence electrons. The zero-order valence-corrected chi connectivity index (χ0v) is 9.89. The molecule has 0 N–H and O–H groups in total. The molecule has 1 unspecified atom stereocenters. The first-order chi connectivity index (χ1) is 8.31. The van der Waals surface area contributed by atoms with Gasteiger partial charge in [0.25, 0.3) is 0 Å². The molecule has 0 spiro atoms. The normalized spacial score (nSPS) is 18.5. The fourth-order valence-electron chi connectivity index (χ4n) is 1.83. The van der Waals surface area contributed by atoms with E-state index in [4.69, 9.17) is 9.47 Å². The zero-order chi connectivity index (χ0) is 12.1. The first-order valence-electron chi connectivity index (χ1n) is 5.89. The summed E-state index contributed by atoms with van der Waals surface area (Å²) >= 11 is 0. The Morgan fingerprint density at radius 3 is 2.76 bits per heavy atom. The summed E-state index contributed by atoms with van der Waals surface area (Å²) in [6.45, 7) is 2.20. The van der Waals surface area contributed by atoms with E-state index in [2.05, 4.69) is 0 Å². The number of carbonyl (C=O) groups is 1. The molecule has 0 fully saturated rings. The summed E-state index contributed by atoms with van der Waals surface area (Å²) in [6, 6.07) is 7.43. The highest BCUT2D eigenvalue weighted by atomic mass is 16.5. The van der Waals surface area contributed by atoms with Crippen molar-refractivity contribution in [2.45, 2.75) is 25.9 Å². The van der Waals surface area contributed by atoms with Crippen molar-refractivity contribution in [2.24, 2.45) is 0 Å². The number of rotatable bonds is 3. The van der Waals surface area contributed by atoms with E-state index in [1.165, 1.54) is 0 Å². The zero-order valence-electron chi connectivity index (χ0n) is 9.89. The average Bonchev–Trinajstić information content (AvgIpc) is 2.40. The van der Waals surface area contributed by atoms with Crippen LogP contribution < -0.4 is 0 Å². The van der Waals surface area contributed by atoms with Crippen molar-refractivity contribution < 1.29 is 14.3 Å². The minimum atomic E-state index is -0.275. The Hall–Kier alpha value is -1.77. The lowest BCUT2D eigenvalue weighted by molar-refractivity contribution is 0.0526. The highest BCUT2D eigenvalue weighted by Gasteiger charge is 2.14. The van der Waals surface area contributed by atoms with E-state index in [0.717, 1.165) is 18.4 Å². The maximum Gasteiger partial charge on any atom is 0.338 e. The molecule has 0 aliphatic carbocycles. The smallest absolute Gasteiger partial charge is 0.338 e. The van der Waals surface area contributed by atoms with Crippen molar-refractivity contribution >= 4 is 5.97 Å². The molecular formula is C14H16O3. The molecule has 1 aliphatic rings. The largest absolute Gasteiger partial charge is 0.494 e. The maximum atomic E-state index is 11.5. The van der Waals surface area contributed by atoms with E-state index >= 15 is 0 Å². The third kappa shape index (κ3) is 2.87. The highest BCUT2D eigenvalue weighted by molar-refractivity contribution is 5.89. The number of allylic oxidation sites excluding steroid dienone is 1. The molecule has 1 aromatic rings. The van der Waals surface area contributed by atoms with Gasteiger partial charge in [0.15, 0.2) is 0 Å². The number of benzene rings is 1. The van der Waals surface area contributed by atoms with Crippen LogP contribution in [0.3, 0.4) is 0 Å². The summed E-state index contributed by atoms with van der Waals surface area (Å²) in [5, 5.41) is 0. The van der Waals surface area contributed by atoms with Gasteiger partial charge in [-0.2, -0.15) is 0 Å². The SMILES string of the molecule is CCOC(=O)c1ccc(C2CCC=CO2)cc1. The van der Waals surface area contributed by atoms with E-state index < -0.39 is 0 Å². The van der Waals surface area contributed by atoms with E-state index in [1.807, 2.05) is 18.2 Å². The molecule has 1 aromatic carbocycles. The molecule has 1 atom stereocenters. The summed E-state index contributed by atoms with van der Waals surface area (Å²) in [4.78, 5) is 11.5. The van der Waals surface area contributed by atoms with Crippen LogP contribution in [-0.4, -0.2) is 12.6 Å². The molecule has 0 radical (unpaired) electrons. The molecule has 1 heterocycles. The Kier molecular flexibility index (Phi) is 3.81. The van der Waals surface area contributed by atoms with Gasteiger partial charge in [-0.15, -0.1) is 0 Å². The van der Waals surface area contributed by atoms with Gasteiger partial charge in [0.1, 0.15) is 6.10 Å². The maximum absolute atomic E-state index is 11.5. The van der Waals surface area contributed by atoms with Crippen molar-refractivity contribution in [3.05, 3.63) is 47.7 Å². The Morgan fingerprint density at radius 1 is 1.41 bits per heavy atom. The molecule has 0 saturated carbocycles. The van der Waals surface area contributed by atoms with Crippen molar-refractivity contribution in [3.8, 4) is 0 Å². The van der Waals surface area contributed by atoms with Gasteiger partial charge in [-0.25, -0.2) is 4.79 Å². The van der Waals surface area contributed by atoms with E-state index in [0.29, 0.717) is 12.2 Å². The molecule has 0 amide bonds. The van der Waals surface area contributed by atoms with E-state index in [1.54, 1.807) is 25.3 Å². The minimum absolute atomic E-state index is 0.108. The van der Waals surface area contributed by atoms with E-state index in [-0.39, 0.29) is 12.1 Å². The number of esters is 1. The van der Waals surface area contributed by atoms with Crippen LogP contribution in [-0.2, 0) is 9.47 Å². The summed E-state index contributed by atoms with van der Waals surface area (Å²) in [5.74, 6) is -0.275. The highest BCUT2D eigenvalue weighted by Crippen LogP contribution is 2.26. The van der Waals surface area contributed by atoms with Crippen molar-refractivity contribution in [1.82, 2.24) is 0 Å². The number of carbonyl (C=O) groups excluding carboxylic acids is 1. The quantitative estimate of drug-likeness (QED) is 0.750. The monoisotopic (exact) mass is 232 g/mol. The van der Waals surface area contributed by atoms with Gasteiger partial charge >= 0.3 is 5.97 Å². The van der Waals surface area contributed by atoms with Crippen LogP contribution in [0, 0.1) is 0 Å². The Bertz CT molecular complexity index is 406. The van der Waals surface area contributed by atoms with Crippen molar-refractivity contribution in [1.29, 1.82) is 0 Å². The number of ether oxygens (including phenoxy) is 2. The summed E-state index contributed by atoms with van der Waals surface area (Å²) in [7, 11) is 0. The van der Waals surface area contributed by atoms with Crippen LogP contribution in [0.5, 0.6) is 0 Å². The van der Waals surface area contributed by atoms with Crippen LogP contribution in [0.15, 0.2) is 36.6 Å². The van der Waals surface area contributed by atoms with Crippen LogP contribution in [0.25, 0.3) is 0 Å².